The highest BCUT2D eigenvalue weighted by molar-refractivity contribution is 9.10. The van der Waals surface area contributed by atoms with E-state index in [9.17, 15) is 18.0 Å². The highest BCUT2D eigenvalue weighted by Gasteiger charge is 2.50. The van der Waals surface area contributed by atoms with Gasteiger partial charge in [-0.25, -0.2) is 9.18 Å². The smallest absolute Gasteiger partial charge is 0.377 e. The average molecular weight is 324 g/mol. The lowest BCUT2D eigenvalue weighted by Crippen LogP contribution is -2.22. The highest BCUT2D eigenvalue weighted by Crippen LogP contribution is 2.31. The standard InChI is InChI=1S/C11H9BrF3NO2/c12-6-1-2-8(13)9(3-6)16-5-7-4-11(14,15)10(17)18-7/h1-3,7,16H,4-5H2. The van der Waals surface area contributed by atoms with Gasteiger partial charge in [0.2, 0.25) is 0 Å². The minimum Gasteiger partial charge on any atom is -0.456 e. The lowest BCUT2D eigenvalue weighted by atomic mass is 10.2. The topological polar surface area (TPSA) is 38.3 Å². The van der Waals surface area contributed by atoms with E-state index < -0.39 is 30.2 Å². The number of anilines is 1. The molecule has 1 aliphatic heterocycles. The van der Waals surface area contributed by atoms with Crippen molar-refractivity contribution in [2.75, 3.05) is 11.9 Å². The molecule has 0 aliphatic carbocycles. The Hall–Kier alpha value is -1.24. The highest BCUT2D eigenvalue weighted by atomic mass is 79.9. The molecule has 18 heavy (non-hydrogen) atoms. The quantitative estimate of drug-likeness (QED) is 0.869. The number of carbonyl (C=O) groups is 1. The molecule has 1 unspecified atom stereocenters. The van der Waals surface area contributed by atoms with Gasteiger partial charge < -0.3 is 10.1 Å². The van der Waals surface area contributed by atoms with Crippen molar-refractivity contribution in [3.63, 3.8) is 0 Å². The summed E-state index contributed by atoms with van der Waals surface area (Å²) < 4.78 is 44.2. The Kier molecular flexibility index (Phi) is 3.52. The summed E-state index contributed by atoms with van der Waals surface area (Å²) in [5.74, 6) is -5.47. The second kappa shape index (κ2) is 4.79. The van der Waals surface area contributed by atoms with Gasteiger partial charge >= 0.3 is 11.9 Å². The molecule has 1 fully saturated rings. The minimum atomic E-state index is -3.44. The maximum atomic E-state index is 13.3. The van der Waals surface area contributed by atoms with Crippen LogP contribution in [0.15, 0.2) is 22.7 Å². The maximum Gasteiger partial charge on any atom is 0.377 e. The van der Waals surface area contributed by atoms with Crippen LogP contribution in [-0.2, 0) is 9.53 Å². The Morgan fingerprint density at radius 3 is 2.83 bits per heavy atom. The number of hydrogen-bond donors (Lipinski definition) is 1. The number of alkyl halides is 2. The molecule has 0 bridgehead atoms. The fourth-order valence-electron chi connectivity index (χ4n) is 1.62. The predicted molar refractivity (Wildman–Crippen MR) is 62.0 cm³/mol. The fraction of sp³-hybridized carbons (Fsp3) is 0.364. The molecule has 1 aromatic rings. The Labute approximate surface area is 109 Å². The monoisotopic (exact) mass is 323 g/mol. The van der Waals surface area contributed by atoms with E-state index in [0.717, 1.165) is 0 Å². The molecular weight excluding hydrogens is 315 g/mol. The number of rotatable bonds is 3. The van der Waals surface area contributed by atoms with Crippen LogP contribution in [0.2, 0.25) is 0 Å². The molecule has 1 aromatic carbocycles. The van der Waals surface area contributed by atoms with Gasteiger partial charge in [-0.05, 0) is 18.2 Å². The van der Waals surface area contributed by atoms with Crippen molar-refractivity contribution in [3.05, 3.63) is 28.5 Å². The van der Waals surface area contributed by atoms with Crippen molar-refractivity contribution in [1.82, 2.24) is 0 Å². The maximum absolute atomic E-state index is 13.3. The zero-order valence-corrected chi connectivity index (χ0v) is 10.6. The van der Waals surface area contributed by atoms with E-state index in [0.29, 0.717) is 4.47 Å². The van der Waals surface area contributed by atoms with Gasteiger partial charge in [0.15, 0.2) is 0 Å². The molecular formula is C11H9BrF3NO2. The molecule has 0 spiro atoms. The summed E-state index contributed by atoms with van der Waals surface area (Å²) in [7, 11) is 0. The first-order chi connectivity index (χ1) is 8.38. The number of halogens is 4. The molecule has 3 nitrogen and oxygen atoms in total. The van der Waals surface area contributed by atoms with Crippen LogP contribution in [0, 0.1) is 5.82 Å². The third kappa shape index (κ3) is 2.77. The SMILES string of the molecule is O=C1OC(CNc2cc(Br)ccc2F)CC1(F)F. The van der Waals surface area contributed by atoms with Crippen molar-refractivity contribution in [3.8, 4) is 0 Å². The molecule has 7 heteroatoms. The molecule has 2 rings (SSSR count). The van der Waals surface area contributed by atoms with Crippen LogP contribution in [0.4, 0.5) is 18.9 Å². The number of carbonyl (C=O) groups excluding carboxylic acids is 1. The third-order valence-electron chi connectivity index (χ3n) is 2.50. The van der Waals surface area contributed by atoms with Crippen LogP contribution in [-0.4, -0.2) is 24.5 Å². The first kappa shape index (κ1) is 13.2. The number of benzene rings is 1. The first-order valence-corrected chi connectivity index (χ1v) is 5.95. The summed E-state index contributed by atoms with van der Waals surface area (Å²) in [6, 6.07) is 4.23. The number of cyclic esters (lactones) is 1. The average Bonchev–Trinajstić information content (AvgIpc) is 2.54. The largest absolute Gasteiger partial charge is 0.456 e. The Balaban J connectivity index is 1.97. The van der Waals surface area contributed by atoms with E-state index in [1.54, 1.807) is 0 Å². The van der Waals surface area contributed by atoms with Gasteiger partial charge in [0.1, 0.15) is 11.9 Å². The van der Waals surface area contributed by atoms with Crippen LogP contribution < -0.4 is 5.32 Å². The molecule has 1 heterocycles. The van der Waals surface area contributed by atoms with Crippen LogP contribution in [0.3, 0.4) is 0 Å². The number of esters is 1. The lowest BCUT2D eigenvalue weighted by Gasteiger charge is -2.12. The van der Waals surface area contributed by atoms with E-state index >= 15 is 0 Å². The second-order valence-corrected chi connectivity index (χ2v) is 4.86. The summed E-state index contributed by atoms with van der Waals surface area (Å²) in [6.45, 7) is -0.0608. The summed E-state index contributed by atoms with van der Waals surface area (Å²) in [5.41, 5.74) is 0.163. The van der Waals surface area contributed by atoms with Gasteiger partial charge in [-0.1, -0.05) is 15.9 Å². The van der Waals surface area contributed by atoms with Gasteiger partial charge in [0.25, 0.3) is 0 Å². The van der Waals surface area contributed by atoms with Crippen LogP contribution >= 0.6 is 15.9 Å². The van der Waals surface area contributed by atoms with Crippen molar-refractivity contribution in [1.29, 1.82) is 0 Å². The van der Waals surface area contributed by atoms with E-state index in [1.165, 1.54) is 18.2 Å². The van der Waals surface area contributed by atoms with Gasteiger partial charge in [-0.3, -0.25) is 0 Å². The van der Waals surface area contributed by atoms with Crippen molar-refractivity contribution in [2.24, 2.45) is 0 Å². The Morgan fingerprint density at radius 2 is 2.22 bits per heavy atom. The normalized spacial score (nSPS) is 21.8. The molecule has 0 radical (unpaired) electrons. The summed E-state index contributed by atoms with van der Waals surface area (Å²) in [6.07, 6.45) is -1.64. The van der Waals surface area contributed by atoms with E-state index in [-0.39, 0.29) is 12.2 Å². The van der Waals surface area contributed by atoms with Crippen molar-refractivity contribution in [2.45, 2.75) is 18.4 Å². The Morgan fingerprint density at radius 1 is 1.50 bits per heavy atom. The van der Waals surface area contributed by atoms with Gasteiger partial charge in [-0.15, -0.1) is 0 Å². The van der Waals surface area contributed by atoms with E-state index in [2.05, 4.69) is 26.0 Å². The van der Waals surface area contributed by atoms with Gasteiger partial charge in [-0.2, -0.15) is 8.78 Å². The third-order valence-corrected chi connectivity index (χ3v) is 3.00. The van der Waals surface area contributed by atoms with Gasteiger partial charge in [0, 0.05) is 4.47 Å². The van der Waals surface area contributed by atoms with E-state index in [1.807, 2.05) is 0 Å². The molecule has 1 atom stereocenters. The Bertz CT molecular complexity index is 481. The molecule has 0 aromatic heterocycles. The zero-order valence-electron chi connectivity index (χ0n) is 9.05. The van der Waals surface area contributed by atoms with Crippen LogP contribution in [0.5, 0.6) is 0 Å². The summed E-state index contributed by atoms with van der Waals surface area (Å²) >= 11 is 3.17. The molecule has 98 valence electrons. The molecule has 1 saturated heterocycles. The zero-order chi connectivity index (χ0) is 13.3. The van der Waals surface area contributed by atoms with Gasteiger partial charge in [0.05, 0.1) is 18.7 Å². The first-order valence-electron chi connectivity index (χ1n) is 5.16. The molecule has 1 aliphatic rings. The lowest BCUT2D eigenvalue weighted by molar-refractivity contribution is -0.158. The molecule has 1 N–H and O–H groups in total. The predicted octanol–water partition coefficient (Wildman–Crippen LogP) is 2.95. The van der Waals surface area contributed by atoms with Crippen molar-refractivity contribution < 1.29 is 22.7 Å². The van der Waals surface area contributed by atoms with Crippen molar-refractivity contribution >= 4 is 27.6 Å². The number of nitrogens with one attached hydrogen (secondary N) is 1. The molecule has 0 saturated carbocycles. The fourth-order valence-corrected chi connectivity index (χ4v) is 1.98. The second-order valence-electron chi connectivity index (χ2n) is 3.94. The van der Waals surface area contributed by atoms with Crippen LogP contribution in [0.25, 0.3) is 0 Å². The molecule has 0 amide bonds. The summed E-state index contributed by atoms with van der Waals surface area (Å²) in [4.78, 5) is 10.8. The van der Waals surface area contributed by atoms with Crippen LogP contribution in [0.1, 0.15) is 6.42 Å². The number of hydrogen-bond acceptors (Lipinski definition) is 3. The summed E-state index contributed by atoms with van der Waals surface area (Å²) in [5, 5.41) is 2.64. The number of ether oxygens (including phenoxy) is 1. The van der Waals surface area contributed by atoms with E-state index in [4.69, 9.17) is 0 Å². The minimum absolute atomic E-state index is 0.0608.